The van der Waals surface area contributed by atoms with E-state index in [-0.39, 0.29) is 76.5 Å². The molecule has 3 N–H and O–H groups in total. The van der Waals surface area contributed by atoms with Gasteiger partial charge in [0.1, 0.15) is 5.72 Å². The molecule has 1 spiro atoms. The lowest BCUT2D eigenvalue weighted by atomic mass is 9.76. The maximum absolute atomic E-state index is 13.7. The number of aromatic nitrogens is 4. The van der Waals surface area contributed by atoms with E-state index in [2.05, 4.69) is 93.0 Å². The Labute approximate surface area is 455 Å². The second-order valence-electron chi connectivity index (χ2n) is 18.7. The number of hydrogen-bond donors (Lipinski definition) is 3. The van der Waals surface area contributed by atoms with Crippen molar-refractivity contribution in [2.45, 2.75) is 89.7 Å². The number of fused-ring (bicyclic) bond motifs is 2. The number of nitrogens with zero attached hydrogens (tertiary/aromatic N) is 5. The SMILES string of the molecule is C.CC1(C)OC[C@@]2(CCc3ccc(-c4nnc(-c5ccc(F)c(F)c5)o4)cc3C2)N1Cc1ccccc1.CO.Cl.OC[C@]1(NCc2ccccc2)CCc2ccc(-c3nnc(-c4ccc(F)c(F)c4)o3)cc2C1.S.S. The third kappa shape index (κ3) is 13.2. The van der Waals surface area contributed by atoms with Crippen molar-refractivity contribution in [3.8, 4) is 45.8 Å². The van der Waals surface area contributed by atoms with Gasteiger partial charge in [-0.25, -0.2) is 17.6 Å². The first-order valence-corrected chi connectivity index (χ1v) is 23.5. The normalized spacial score (nSPS) is 18.0. The molecule has 11 rings (SSSR count). The largest absolute Gasteiger partial charge is 0.416 e. The van der Waals surface area contributed by atoms with Gasteiger partial charge >= 0.3 is 0 Å². The van der Waals surface area contributed by atoms with E-state index in [1.165, 1.54) is 39.9 Å². The minimum atomic E-state index is -0.968. The molecule has 2 atom stereocenters. The molecule has 18 heteroatoms. The summed E-state index contributed by atoms with van der Waals surface area (Å²) in [4.78, 5) is 2.51. The van der Waals surface area contributed by atoms with Gasteiger partial charge < -0.3 is 29.1 Å². The first kappa shape index (κ1) is 60.0. The van der Waals surface area contributed by atoms with Crippen molar-refractivity contribution in [1.82, 2.24) is 30.6 Å². The minimum absolute atomic E-state index is 0. The van der Waals surface area contributed by atoms with Crippen LogP contribution in [0.4, 0.5) is 17.6 Å². The molecule has 2 aromatic heterocycles. The Kier molecular flexibility index (Phi) is 20.6. The topological polar surface area (TPSA) is 143 Å². The third-order valence-corrected chi connectivity index (χ3v) is 13.8. The van der Waals surface area contributed by atoms with Crippen LogP contribution >= 0.6 is 39.4 Å². The average molecular weight is 1090 g/mol. The van der Waals surface area contributed by atoms with Crippen molar-refractivity contribution in [3.05, 3.63) is 190 Å². The highest BCUT2D eigenvalue weighted by molar-refractivity contribution is 7.59. The Hall–Kier alpha value is -5.89. The highest BCUT2D eigenvalue weighted by atomic mass is 35.5. The lowest BCUT2D eigenvalue weighted by Gasteiger charge is -2.45. The van der Waals surface area contributed by atoms with Crippen molar-refractivity contribution in [3.63, 3.8) is 0 Å². The lowest BCUT2D eigenvalue weighted by Crippen LogP contribution is -2.54. The summed E-state index contributed by atoms with van der Waals surface area (Å²) in [6.07, 6.45) is 5.20. The summed E-state index contributed by atoms with van der Waals surface area (Å²) >= 11 is 0. The molecule has 6 aromatic carbocycles. The monoisotopic (exact) mass is 1090 g/mol. The minimum Gasteiger partial charge on any atom is -0.416 e. The average Bonchev–Trinajstić information content (AvgIpc) is 4.16. The highest BCUT2D eigenvalue weighted by Crippen LogP contribution is 2.45. The second kappa shape index (κ2) is 25.8. The van der Waals surface area contributed by atoms with E-state index in [0.717, 1.165) is 86.7 Å². The van der Waals surface area contributed by atoms with Crippen LogP contribution in [0.15, 0.2) is 142 Å². The fourth-order valence-corrected chi connectivity index (χ4v) is 9.89. The standard InChI is InChI=1S/C29H27F2N3O2.C26H23F2N3O2.CH4O.CH4.ClH.2H2S/c1-28(2)34(17-19-6-4-3-5-7-19)29(18-35-28)13-12-20-8-9-21(14-23(20)16-29)26-32-33-27(36-26)22-10-11-24(30)25(31)15-22;27-22-9-8-20(13-23(22)28)25-31-30-24(33-25)19-7-6-18-10-11-26(16-32,14-21(18)12-19)29-15-17-4-2-1-3-5-17;1-2;;;;/h3-11,14-15H,12-13,16-18H2,1-2H3;1-9,12-13,29,32H,10-11,14-16H2;2H,1H3;1H4;1H;2*1H2/t29-;26-;;;;;/m00...../s1. The molecule has 3 aliphatic rings. The van der Waals surface area contributed by atoms with Crippen LogP contribution in [-0.4, -0.2) is 72.6 Å². The Balaban J connectivity index is 0.000000256. The number of nitrogens with one attached hydrogen (secondary N) is 1. The zero-order chi connectivity index (χ0) is 49.8. The van der Waals surface area contributed by atoms with Gasteiger partial charge in [0.05, 0.1) is 18.8 Å². The smallest absolute Gasteiger partial charge is 0.248 e. The summed E-state index contributed by atoms with van der Waals surface area (Å²) in [5.41, 5.74) is 8.66. The van der Waals surface area contributed by atoms with Gasteiger partial charge in [-0.15, -0.1) is 32.8 Å². The maximum Gasteiger partial charge on any atom is 0.248 e. The molecule has 0 bridgehead atoms. The summed E-state index contributed by atoms with van der Waals surface area (Å²) < 4.78 is 71.7. The molecule has 1 saturated heterocycles. The molecule has 0 radical (unpaired) electrons. The van der Waals surface area contributed by atoms with Gasteiger partial charge in [0, 0.05) is 48.0 Å². The quantitative estimate of drug-likeness (QED) is 0.113. The van der Waals surface area contributed by atoms with E-state index in [4.69, 9.17) is 18.7 Å². The summed E-state index contributed by atoms with van der Waals surface area (Å²) in [5.74, 6) is -2.84. The zero-order valence-electron chi connectivity index (χ0n) is 41.0. The van der Waals surface area contributed by atoms with Crippen LogP contribution in [0.3, 0.4) is 0 Å². The van der Waals surface area contributed by atoms with Crippen LogP contribution in [0.2, 0.25) is 0 Å². The number of aliphatic hydroxyl groups is 2. The Morgan fingerprint density at radius 3 is 1.48 bits per heavy atom. The first-order valence-electron chi connectivity index (χ1n) is 23.5. The van der Waals surface area contributed by atoms with Crippen LogP contribution in [0.1, 0.15) is 67.5 Å². The van der Waals surface area contributed by atoms with Crippen LogP contribution in [0, 0.1) is 23.3 Å². The van der Waals surface area contributed by atoms with Crippen molar-refractivity contribution in [2.75, 3.05) is 20.3 Å². The molecule has 0 amide bonds. The van der Waals surface area contributed by atoms with E-state index in [0.29, 0.717) is 42.5 Å². The van der Waals surface area contributed by atoms with Gasteiger partial charge in [-0.05, 0) is 146 Å². The maximum atomic E-state index is 13.7. The van der Waals surface area contributed by atoms with Gasteiger partial charge in [-0.2, -0.15) is 27.0 Å². The Morgan fingerprint density at radius 2 is 1.00 bits per heavy atom. The summed E-state index contributed by atoms with van der Waals surface area (Å²) in [6, 6.07) is 39.8. The zero-order valence-corrected chi connectivity index (χ0v) is 43.9. The summed E-state index contributed by atoms with van der Waals surface area (Å²) in [7, 11) is 1.00. The molecule has 75 heavy (non-hydrogen) atoms. The molecule has 1 fully saturated rings. The molecule has 2 aliphatic carbocycles. The van der Waals surface area contributed by atoms with Crippen LogP contribution in [0.25, 0.3) is 45.8 Å². The fraction of sp³-hybridized carbons (Fsp3) is 0.298. The molecule has 0 unspecified atom stereocenters. The van der Waals surface area contributed by atoms with E-state index in [1.54, 1.807) is 0 Å². The van der Waals surface area contributed by atoms with Gasteiger partial charge in [0.25, 0.3) is 0 Å². The summed E-state index contributed by atoms with van der Waals surface area (Å²) in [5, 5.41) is 37.1. The van der Waals surface area contributed by atoms with Crippen LogP contribution in [0.5, 0.6) is 0 Å². The van der Waals surface area contributed by atoms with Crippen molar-refractivity contribution in [2.24, 2.45) is 0 Å². The predicted molar refractivity (Wildman–Crippen MR) is 295 cm³/mol. The number of rotatable bonds is 10. The summed E-state index contributed by atoms with van der Waals surface area (Å²) in [6.45, 7) is 6.51. The highest BCUT2D eigenvalue weighted by Gasteiger charge is 2.52. The van der Waals surface area contributed by atoms with Crippen LogP contribution < -0.4 is 5.32 Å². The Morgan fingerprint density at radius 1 is 0.560 bits per heavy atom. The van der Waals surface area contributed by atoms with E-state index in [1.807, 2.05) is 48.5 Å². The van der Waals surface area contributed by atoms with Crippen molar-refractivity contribution in [1.29, 1.82) is 0 Å². The molecule has 0 saturated carbocycles. The number of aliphatic hydroxyl groups excluding tert-OH is 2. The number of halogens is 5. The van der Waals surface area contributed by atoms with E-state index in [9.17, 15) is 22.7 Å². The third-order valence-electron chi connectivity index (χ3n) is 13.8. The number of hydrogen-bond acceptors (Lipinski definition) is 11. The van der Waals surface area contributed by atoms with Gasteiger partial charge in [0.15, 0.2) is 23.3 Å². The number of ether oxygens (including phenoxy) is 1. The number of benzene rings is 6. The van der Waals surface area contributed by atoms with Crippen molar-refractivity contribution >= 4 is 39.4 Å². The molecular formula is C57H63ClF4N6O5S2. The molecule has 11 nitrogen and oxygen atoms in total. The first-order chi connectivity index (χ1) is 34.4. The van der Waals surface area contributed by atoms with Crippen LogP contribution in [-0.2, 0) is 43.5 Å². The van der Waals surface area contributed by atoms with Gasteiger partial charge in [-0.3, -0.25) is 4.90 Å². The predicted octanol–water partition coefficient (Wildman–Crippen LogP) is 11.8. The lowest BCUT2D eigenvalue weighted by molar-refractivity contribution is -0.0673. The van der Waals surface area contributed by atoms with Crippen molar-refractivity contribution < 1.29 is 41.3 Å². The Bertz CT molecular complexity index is 3140. The van der Waals surface area contributed by atoms with E-state index >= 15 is 0 Å². The molecule has 398 valence electrons. The molecule has 1 aliphatic heterocycles. The molecule has 8 aromatic rings. The number of aryl methyl sites for hydroxylation is 2. The van der Waals surface area contributed by atoms with Gasteiger partial charge in [-0.1, -0.05) is 80.2 Å². The second-order valence-corrected chi connectivity index (χ2v) is 18.7. The molecule has 3 heterocycles. The van der Waals surface area contributed by atoms with E-state index < -0.39 is 28.8 Å². The fourth-order valence-electron chi connectivity index (χ4n) is 9.89. The molecular weight excluding hydrogens is 1020 g/mol. The van der Waals surface area contributed by atoms with Gasteiger partial charge in [0.2, 0.25) is 23.6 Å².